The number of hydrogen-bond donors (Lipinski definition) is 2. The maximum absolute atomic E-state index is 14.5. The molecule has 6 heteroatoms. The van der Waals surface area contributed by atoms with Gasteiger partial charge in [-0.05, 0) is 68.8 Å². The zero-order valence-electron chi connectivity index (χ0n) is 17.4. The minimum absolute atomic E-state index is 0.0807. The fourth-order valence-electron chi connectivity index (χ4n) is 5.75. The highest BCUT2D eigenvalue weighted by molar-refractivity contribution is 5.88. The molecule has 4 fully saturated rings. The van der Waals surface area contributed by atoms with E-state index in [1.807, 2.05) is 30.3 Å². The van der Waals surface area contributed by atoms with E-state index in [2.05, 4.69) is 0 Å². The van der Waals surface area contributed by atoms with E-state index in [4.69, 9.17) is 10.5 Å². The fraction of sp³-hybridized carbons (Fsp3) is 0.667. The van der Waals surface area contributed by atoms with Crippen LogP contribution in [-0.2, 0) is 20.9 Å². The van der Waals surface area contributed by atoms with Gasteiger partial charge in [-0.15, -0.1) is 0 Å². The number of fused-ring (bicyclic) bond motifs is 3. The van der Waals surface area contributed by atoms with Gasteiger partial charge in [-0.1, -0.05) is 30.3 Å². The lowest BCUT2D eigenvalue weighted by Gasteiger charge is -2.52. The van der Waals surface area contributed by atoms with Gasteiger partial charge in [-0.3, -0.25) is 9.59 Å². The van der Waals surface area contributed by atoms with E-state index in [-0.39, 0.29) is 23.8 Å². The molecular weight excluding hydrogens is 385 g/mol. The number of esters is 1. The lowest BCUT2D eigenvalue weighted by molar-refractivity contribution is -0.154. The number of alkyl halides is 1. The molecule has 0 radical (unpaired) electrons. The standard InChI is InChI=1S/C24H32FNO4/c25-24-9-6-23(7-10-24,8-11-24)21(26)20(28)17-12-18(14-19(27)13-17)22(29)30-15-16-4-2-1-3-5-16/h1-5,17-19,21,27H,6-15,26H2/t17?,18-,19-,21-,23?,24?/m0/s1. The molecule has 4 aliphatic rings. The van der Waals surface area contributed by atoms with Gasteiger partial charge in [-0.25, -0.2) is 4.39 Å². The highest BCUT2D eigenvalue weighted by atomic mass is 19.1. The number of ketones is 1. The molecular formula is C24H32FNO4. The third-order valence-corrected chi connectivity index (χ3v) is 7.82. The van der Waals surface area contributed by atoms with Crippen molar-refractivity contribution in [1.82, 2.24) is 0 Å². The Labute approximate surface area is 177 Å². The van der Waals surface area contributed by atoms with Crippen LogP contribution in [0.1, 0.15) is 63.4 Å². The molecule has 0 aromatic heterocycles. The van der Waals surface area contributed by atoms with Gasteiger partial charge in [0.1, 0.15) is 12.3 Å². The van der Waals surface area contributed by atoms with Crippen LogP contribution in [0.3, 0.4) is 0 Å². The van der Waals surface area contributed by atoms with Crippen molar-refractivity contribution in [2.45, 2.75) is 82.2 Å². The highest BCUT2D eigenvalue weighted by Gasteiger charge is 2.54. The van der Waals surface area contributed by atoms with E-state index in [9.17, 15) is 19.1 Å². The maximum Gasteiger partial charge on any atom is 0.309 e. The molecule has 0 heterocycles. The van der Waals surface area contributed by atoms with Crippen LogP contribution in [0.2, 0.25) is 0 Å². The van der Waals surface area contributed by atoms with E-state index < -0.39 is 29.7 Å². The van der Waals surface area contributed by atoms with Gasteiger partial charge >= 0.3 is 5.97 Å². The lowest BCUT2D eigenvalue weighted by atomic mass is 9.55. The number of nitrogens with two attached hydrogens (primary N) is 1. The third kappa shape index (κ3) is 4.30. The SMILES string of the molecule is N[C@@H](C(=O)C1C[C@H](O)C[C@@H](C(=O)OCc2ccccc2)C1)C12CCC(F)(CC1)CC2. The van der Waals surface area contributed by atoms with Crippen molar-refractivity contribution in [2.75, 3.05) is 0 Å². The van der Waals surface area contributed by atoms with Crippen LogP contribution in [0.5, 0.6) is 0 Å². The molecule has 30 heavy (non-hydrogen) atoms. The zero-order valence-corrected chi connectivity index (χ0v) is 17.4. The van der Waals surface area contributed by atoms with Gasteiger partial charge in [0.15, 0.2) is 5.78 Å². The minimum atomic E-state index is -1.07. The van der Waals surface area contributed by atoms with Gasteiger partial charge in [0, 0.05) is 5.92 Å². The quantitative estimate of drug-likeness (QED) is 0.692. The van der Waals surface area contributed by atoms with Crippen LogP contribution in [0.4, 0.5) is 4.39 Å². The van der Waals surface area contributed by atoms with Gasteiger partial charge in [0.2, 0.25) is 0 Å². The van der Waals surface area contributed by atoms with E-state index in [0.717, 1.165) is 5.56 Å². The summed E-state index contributed by atoms with van der Waals surface area (Å²) in [7, 11) is 0. The van der Waals surface area contributed by atoms with Crippen molar-refractivity contribution in [3.05, 3.63) is 35.9 Å². The third-order valence-electron chi connectivity index (χ3n) is 7.82. The normalized spacial score (nSPS) is 36.8. The minimum Gasteiger partial charge on any atom is -0.461 e. The predicted octanol–water partition coefficient (Wildman–Crippen LogP) is 3.47. The maximum atomic E-state index is 14.5. The van der Waals surface area contributed by atoms with Gasteiger partial charge in [0.25, 0.3) is 0 Å². The molecule has 5 nitrogen and oxygen atoms in total. The van der Waals surface area contributed by atoms with Crippen molar-refractivity contribution in [1.29, 1.82) is 0 Å². The van der Waals surface area contributed by atoms with E-state index in [0.29, 0.717) is 57.8 Å². The molecule has 1 aromatic rings. The van der Waals surface area contributed by atoms with Gasteiger partial charge in [-0.2, -0.15) is 0 Å². The first kappa shape index (κ1) is 21.4. The second-order valence-electron chi connectivity index (χ2n) is 9.74. The molecule has 5 rings (SSSR count). The van der Waals surface area contributed by atoms with Crippen LogP contribution < -0.4 is 5.73 Å². The number of carbonyl (C=O) groups is 2. The number of halogens is 1. The first-order chi connectivity index (χ1) is 14.3. The van der Waals surface area contributed by atoms with Crippen molar-refractivity contribution in [3.63, 3.8) is 0 Å². The summed E-state index contributed by atoms with van der Waals surface area (Å²) in [6.07, 6.45) is 3.67. The Kier molecular flexibility index (Phi) is 5.99. The van der Waals surface area contributed by atoms with Crippen molar-refractivity contribution in [3.8, 4) is 0 Å². The molecule has 1 aromatic carbocycles. The summed E-state index contributed by atoms with van der Waals surface area (Å²) in [4.78, 5) is 25.9. The molecule has 0 aliphatic heterocycles. The molecule has 164 valence electrons. The number of aliphatic hydroxyl groups is 1. The van der Waals surface area contributed by atoms with E-state index >= 15 is 0 Å². The fourth-order valence-corrected chi connectivity index (χ4v) is 5.75. The Morgan fingerprint density at radius 2 is 1.63 bits per heavy atom. The first-order valence-electron chi connectivity index (χ1n) is 11.2. The van der Waals surface area contributed by atoms with Crippen molar-refractivity contribution >= 4 is 11.8 Å². The molecule has 1 unspecified atom stereocenters. The lowest BCUT2D eigenvalue weighted by Crippen LogP contribution is -2.57. The Bertz CT molecular complexity index is 758. The van der Waals surface area contributed by atoms with Crippen LogP contribution in [-0.4, -0.2) is 34.7 Å². The average molecular weight is 418 g/mol. The topological polar surface area (TPSA) is 89.6 Å². The number of hydrogen-bond acceptors (Lipinski definition) is 5. The summed E-state index contributed by atoms with van der Waals surface area (Å²) in [5.41, 5.74) is 5.97. The molecule has 4 aliphatic carbocycles. The molecule has 4 atom stereocenters. The summed E-state index contributed by atoms with van der Waals surface area (Å²) in [5.74, 6) is -1.42. The zero-order chi connectivity index (χ0) is 21.4. The number of ether oxygens (including phenoxy) is 1. The summed E-state index contributed by atoms with van der Waals surface area (Å²) in [6, 6.07) is 8.77. The number of Topliss-reactive ketones (excluding diaryl/α,β-unsaturated/α-hetero) is 1. The second-order valence-corrected chi connectivity index (χ2v) is 9.74. The number of carbonyl (C=O) groups excluding carboxylic acids is 2. The smallest absolute Gasteiger partial charge is 0.309 e. The van der Waals surface area contributed by atoms with Gasteiger partial charge in [0.05, 0.1) is 18.1 Å². The number of benzene rings is 1. The average Bonchev–Trinajstić information content (AvgIpc) is 2.77. The monoisotopic (exact) mass is 417 g/mol. The van der Waals surface area contributed by atoms with Crippen molar-refractivity contribution in [2.24, 2.45) is 23.0 Å². The van der Waals surface area contributed by atoms with Crippen LogP contribution in [0, 0.1) is 17.3 Å². The largest absolute Gasteiger partial charge is 0.461 e. The second kappa shape index (κ2) is 8.39. The van der Waals surface area contributed by atoms with Crippen LogP contribution >= 0.6 is 0 Å². The van der Waals surface area contributed by atoms with Crippen molar-refractivity contribution < 1.29 is 23.8 Å². The highest BCUT2D eigenvalue weighted by Crippen LogP contribution is 2.55. The number of aliphatic hydroxyl groups excluding tert-OH is 1. The molecule has 0 saturated heterocycles. The summed E-state index contributed by atoms with van der Waals surface area (Å²) < 4.78 is 20.0. The molecule has 0 spiro atoms. The predicted molar refractivity (Wildman–Crippen MR) is 110 cm³/mol. The van der Waals surface area contributed by atoms with Crippen LogP contribution in [0.25, 0.3) is 0 Å². The molecule has 0 amide bonds. The molecule has 2 bridgehead atoms. The van der Waals surface area contributed by atoms with E-state index in [1.54, 1.807) is 0 Å². The van der Waals surface area contributed by atoms with Crippen LogP contribution in [0.15, 0.2) is 30.3 Å². The Balaban J connectivity index is 1.37. The summed E-state index contributed by atoms with van der Waals surface area (Å²) >= 11 is 0. The number of rotatable bonds is 6. The Morgan fingerprint density at radius 3 is 2.27 bits per heavy atom. The van der Waals surface area contributed by atoms with E-state index in [1.165, 1.54) is 0 Å². The summed E-state index contributed by atoms with van der Waals surface area (Å²) in [5, 5.41) is 10.3. The molecule has 3 N–H and O–H groups in total. The Hall–Kier alpha value is -1.79. The van der Waals surface area contributed by atoms with Gasteiger partial charge < -0.3 is 15.6 Å². The Morgan fingerprint density at radius 1 is 1.03 bits per heavy atom. The summed E-state index contributed by atoms with van der Waals surface area (Å²) in [6.45, 7) is 0.179. The molecule has 4 saturated carbocycles. The first-order valence-corrected chi connectivity index (χ1v) is 11.2.